The zero-order valence-electron chi connectivity index (χ0n) is 14.0. The highest BCUT2D eigenvalue weighted by Crippen LogP contribution is 2.52. The molecule has 5 nitrogen and oxygen atoms in total. The second kappa shape index (κ2) is 5.78. The van der Waals surface area contributed by atoms with E-state index >= 15 is 0 Å². The van der Waals surface area contributed by atoms with Gasteiger partial charge in [-0.2, -0.15) is 0 Å². The Hall–Kier alpha value is -0.980. The molecule has 1 aliphatic carbocycles. The number of amides is 1. The van der Waals surface area contributed by atoms with Crippen LogP contribution in [0.4, 0.5) is 0 Å². The third-order valence-corrected chi connectivity index (χ3v) is 7.50. The number of rotatable bonds is 3. The standard InChI is InChI=1S/C18H25N3O2S/c22-17(16-13-10-23-11-14(13)16)21-6-2-18(3-7-21)1-5-20(12-18)9-15-19-4-8-24-15/h4,8,13-14,16H,1-3,5-7,9-12H2/t13-,14+,16?. The van der Waals surface area contributed by atoms with Gasteiger partial charge in [-0.15, -0.1) is 11.3 Å². The van der Waals surface area contributed by atoms with Gasteiger partial charge in [0.2, 0.25) is 5.91 Å². The molecule has 1 saturated carbocycles. The molecule has 3 atom stereocenters. The molecule has 3 aliphatic heterocycles. The van der Waals surface area contributed by atoms with E-state index in [1.165, 1.54) is 37.4 Å². The van der Waals surface area contributed by atoms with Crippen LogP contribution in [-0.4, -0.2) is 60.1 Å². The first-order chi connectivity index (χ1) is 11.7. The summed E-state index contributed by atoms with van der Waals surface area (Å²) >= 11 is 1.75. The van der Waals surface area contributed by atoms with Gasteiger partial charge in [-0.25, -0.2) is 4.98 Å². The van der Waals surface area contributed by atoms with Crippen molar-refractivity contribution in [1.29, 1.82) is 0 Å². The first kappa shape index (κ1) is 15.3. The zero-order chi connectivity index (χ0) is 16.1. The minimum absolute atomic E-state index is 0.290. The van der Waals surface area contributed by atoms with Crippen LogP contribution in [0.3, 0.4) is 0 Å². The lowest BCUT2D eigenvalue weighted by Crippen LogP contribution is -2.45. The normalized spacial score (nSPS) is 34.7. The quantitative estimate of drug-likeness (QED) is 0.837. The molecule has 0 N–H and O–H groups in total. The van der Waals surface area contributed by atoms with E-state index in [-0.39, 0.29) is 5.92 Å². The molecule has 1 unspecified atom stereocenters. The molecule has 130 valence electrons. The van der Waals surface area contributed by atoms with E-state index in [0.29, 0.717) is 23.2 Å². The number of hydrogen-bond donors (Lipinski definition) is 0. The summed E-state index contributed by atoms with van der Waals surface area (Å²) in [6.45, 7) is 6.89. The van der Waals surface area contributed by atoms with Gasteiger partial charge in [-0.05, 0) is 43.1 Å². The molecular weight excluding hydrogens is 322 g/mol. The third-order valence-electron chi connectivity index (χ3n) is 6.73. The monoisotopic (exact) mass is 347 g/mol. The number of likely N-dealkylation sites (tertiary alicyclic amines) is 2. The van der Waals surface area contributed by atoms with Gasteiger partial charge in [-0.3, -0.25) is 9.69 Å². The predicted octanol–water partition coefficient (Wildman–Crippen LogP) is 1.85. The fourth-order valence-electron chi connectivity index (χ4n) is 5.11. The van der Waals surface area contributed by atoms with Crippen LogP contribution in [0.2, 0.25) is 0 Å². The fraction of sp³-hybridized carbons (Fsp3) is 0.778. The molecule has 1 amide bonds. The molecule has 24 heavy (non-hydrogen) atoms. The molecule has 4 fully saturated rings. The van der Waals surface area contributed by atoms with Crippen molar-refractivity contribution >= 4 is 17.2 Å². The molecule has 0 radical (unpaired) electrons. The Bertz CT molecular complexity index is 602. The Morgan fingerprint density at radius 2 is 2.00 bits per heavy atom. The third kappa shape index (κ3) is 2.59. The molecule has 1 aromatic heterocycles. The summed E-state index contributed by atoms with van der Waals surface area (Å²) in [5, 5.41) is 3.28. The molecule has 4 aliphatic rings. The number of carbonyl (C=O) groups excluding carboxylic acids is 1. The molecule has 0 bridgehead atoms. The summed E-state index contributed by atoms with van der Waals surface area (Å²) in [7, 11) is 0. The number of aromatic nitrogens is 1. The molecule has 0 aromatic carbocycles. The van der Waals surface area contributed by atoms with Crippen molar-refractivity contribution in [3.63, 3.8) is 0 Å². The number of ether oxygens (including phenoxy) is 1. The molecule has 4 heterocycles. The number of nitrogens with zero attached hydrogens (tertiary/aromatic N) is 3. The van der Waals surface area contributed by atoms with E-state index in [1.54, 1.807) is 11.3 Å². The maximum absolute atomic E-state index is 12.7. The largest absolute Gasteiger partial charge is 0.381 e. The van der Waals surface area contributed by atoms with Gasteiger partial charge in [0.05, 0.1) is 19.8 Å². The Kier molecular flexibility index (Phi) is 3.68. The highest BCUT2D eigenvalue weighted by molar-refractivity contribution is 7.09. The highest BCUT2D eigenvalue weighted by Gasteiger charge is 2.59. The average molecular weight is 347 g/mol. The first-order valence-electron chi connectivity index (χ1n) is 9.21. The number of thiazole rings is 1. The van der Waals surface area contributed by atoms with Gasteiger partial charge in [0.1, 0.15) is 5.01 Å². The molecule has 1 spiro atoms. The van der Waals surface area contributed by atoms with Crippen molar-refractivity contribution in [2.45, 2.75) is 25.8 Å². The summed E-state index contributed by atoms with van der Waals surface area (Å²) in [6.07, 6.45) is 5.52. The molecule has 1 aromatic rings. The van der Waals surface area contributed by atoms with Crippen LogP contribution in [0, 0.1) is 23.2 Å². The average Bonchev–Trinajstić information content (AvgIpc) is 3.09. The van der Waals surface area contributed by atoms with Gasteiger partial charge in [0.15, 0.2) is 0 Å². The van der Waals surface area contributed by atoms with Gasteiger partial charge in [0.25, 0.3) is 0 Å². The van der Waals surface area contributed by atoms with Crippen LogP contribution >= 0.6 is 11.3 Å². The highest BCUT2D eigenvalue weighted by atomic mass is 32.1. The van der Waals surface area contributed by atoms with Crippen LogP contribution in [0.5, 0.6) is 0 Å². The van der Waals surface area contributed by atoms with Crippen LogP contribution in [0.15, 0.2) is 11.6 Å². The minimum Gasteiger partial charge on any atom is -0.381 e. The maximum atomic E-state index is 12.7. The SMILES string of the molecule is O=C(C1[C@H]2COC[C@@H]12)N1CCC2(CCN(Cc3nccs3)C2)CC1. The van der Waals surface area contributed by atoms with Gasteiger partial charge >= 0.3 is 0 Å². The van der Waals surface area contributed by atoms with E-state index in [4.69, 9.17) is 4.74 Å². The van der Waals surface area contributed by atoms with Crippen LogP contribution in [0.25, 0.3) is 0 Å². The summed E-state index contributed by atoms with van der Waals surface area (Å²) in [6, 6.07) is 0. The minimum atomic E-state index is 0.290. The summed E-state index contributed by atoms with van der Waals surface area (Å²) < 4.78 is 5.42. The van der Waals surface area contributed by atoms with Crippen LogP contribution in [-0.2, 0) is 16.1 Å². The summed E-state index contributed by atoms with van der Waals surface area (Å²) in [4.78, 5) is 21.8. The Balaban J connectivity index is 1.15. The van der Waals surface area contributed by atoms with Gasteiger partial charge in [0, 0.05) is 37.1 Å². The Morgan fingerprint density at radius 3 is 2.71 bits per heavy atom. The lowest BCUT2D eigenvalue weighted by molar-refractivity contribution is -0.136. The zero-order valence-corrected chi connectivity index (χ0v) is 14.8. The van der Waals surface area contributed by atoms with Gasteiger partial charge in [-0.1, -0.05) is 0 Å². The maximum Gasteiger partial charge on any atom is 0.226 e. The fourth-order valence-corrected chi connectivity index (χ4v) is 5.77. The van der Waals surface area contributed by atoms with E-state index in [1.807, 2.05) is 6.20 Å². The summed E-state index contributed by atoms with van der Waals surface area (Å²) in [5.41, 5.74) is 0.441. The molecular formula is C18H25N3O2S. The van der Waals surface area contributed by atoms with E-state index in [9.17, 15) is 4.79 Å². The second-order valence-electron chi connectivity index (χ2n) is 8.10. The topological polar surface area (TPSA) is 45.7 Å². The van der Waals surface area contributed by atoms with Crippen molar-refractivity contribution in [3.8, 4) is 0 Å². The number of carbonyl (C=O) groups is 1. The molecule has 6 heteroatoms. The summed E-state index contributed by atoms with van der Waals surface area (Å²) in [5.74, 6) is 1.78. The van der Waals surface area contributed by atoms with Gasteiger partial charge < -0.3 is 9.64 Å². The second-order valence-corrected chi connectivity index (χ2v) is 9.08. The van der Waals surface area contributed by atoms with Crippen molar-refractivity contribution in [1.82, 2.24) is 14.8 Å². The van der Waals surface area contributed by atoms with Crippen LogP contribution in [0.1, 0.15) is 24.3 Å². The first-order valence-corrected chi connectivity index (χ1v) is 10.1. The lowest BCUT2D eigenvalue weighted by Gasteiger charge is -2.39. The predicted molar refractivity (Wildman–Crippen MR) is 91.5 cm³/mol. The number of hydrogen-bond acceptors (Lipinski definition) is 5. The molecule has 5 rings (SSSR count). The number of fused-ring (bicyclic) bond motifs is 1. The van der Waals surface area contributed by atoms with Crippen molar-refractivity contribution < 1.29 is 9.53 Å². The van der Waals surface area contributed by atoms with Crippen molar-refractivity contribution in [2.24, 2.45) is 23.2 Å². The van der Waals surface area contributed by atoms with Crippen molar-refractivity contribution in [3.05, 3.63) is 16.6 Å². The molecule has 3 saturated heterocycles. The van der Waals surface area contributed by atoms with Crippen molar-refractivity contribution in [2.75, 3.05) is 39.4 Å². The smallest absolute Gasteiger partial charge is 0.226 e. The van der Waals surface area contributed by atoms with Crippen LogP contribution < -0.4 is 0 Å². The van der Waals surface area contributed by atoms with E-state index in [0.717, 1.165) is 32.8 Å². The number of piperidine rings is 1. The lowest BCUT2D eigenvalue weighted by atomic mass is 9.77. The van der Waals surface area contributed by atoms with E-state index < -0.39 is 0 Å². The van der Waals surface area contributed by atoms with E-state index in [2.05, 4.69) is 20.2 Å². The Labute approximate surface area is 147 Å². The Morgan fingerprint density at radius 1 is 1.25 bits per heavy atom.